The highest BCUT2D eigenvalue weighted by molar-refractivity contribution is 6.05. The quantitative estimate of drug-likeness (QED) is 0.591. The number of nitrogens with zero attached hydrogens (tertiary/aromatic N) is 2. The maximum atomic E-state index is 12.6. The highest BCUT2D eigenvalue weighted by Crippen LogP contribution is 2.34. The van der Waals surface area contributed by atoms with Crippen molar-refractivity contribution < 1.29 is 9.72 Å². The Bertz CT molecular complexity index is 854. The van der Waals surface area contributed by atoms with Gasteiger partial charge in [-0.1, -0.05) is 32.9 Å². The molecule has 0 aliphatic carbocycles. The summed E-state index contributed by atoms with van der Waals surface area (Å²) in [6.07, 6.45) is 2.05. The molecule has 0 radical (unpaired) electrons. The number of hydrogen-bond donors (Lipinski definition) is 1. The second-order valence-corrected chi connectivity index (χ2v) is 7.82. The van der Waals surface area contributed by atoms with Crippen molar-refractivity contribution in [2.75, 3.05) is 23.3 Å². The number of nitro benzene ring substituents is 1. The van der Waals surface area contributed by atoms with E-state index < -0.39 is 4.92 Å². The van der Waals surface area contributed by atoms with Crippen molar-refractivity contribution in [3.63, 3.8) is 0 Å². The van der Waals surface area contributed by atoms with Crippen LogP contribution in [-0.2, 0) is 6.42 Å². The number of benzene rings is 2. The van der Waals surface area contributed by atoms with Gasteiger partial charge in [-0.15, -0.1) is 0 Å². The van der Waals surface area contributed by atoms with E-state index in [0.717, 1.165) is 25.9 Å². The lowest BCUT2D eigenvalue weighted by Crippen LogP contribution is -2.39. The first-order valence-corrected chi connectivity index (χ1v) is 9.81. The van der Waals surface area contributed by atoms with Crippen molar-refractivity contribution in [2.45, 2.75) is 33.6 Å². The number of aryl methyl sites for hydroxylation is 1. The molecule has 1 heterocycles. The van der Waals surface area contributed by atoms with E-state index in [1.54, 1.807) is 12.1 Å². The molecule has 6 nitrogen and oxygen atoms in total. The Morgan fingerprint density at radius 3 is 2.36 bits per heavy atom. The molecule has 2 aromatic rings. The van der Waals surface area contributed by atoms with Gasteiger partial charge < -0.3 is 10.2 Å². The van der Waals surface area contributed by atoms with Gasteiger partial charge in [0, 0.05) is 30.4 Å². The van der Waals surface area contributed by atoms with E-state index in [2.05, 4.69) is 31.0 Å². The van der Waals surface area contributed by atoms with Crippen LogP contribution in [0.15, 0.2) is 42.5 Å². The molecule has 1 aliphatic heterocycles. The van der Waals surface area contributed by atoms with Gasteiger partial charge in [-0.25, -0.2) is 0 Å². The highest BCUT2D eigenvalue weighted by Gasteiger charge is 2.27. The fourth-order valence-electron chi connectivity index (χ4n) is 3.96. The van der Waals surface area contributed by atoms with Crippen LogP contribution in [0.5, 0.6) is 0 Å². The summed E-state index contributed by atoms with van der Waals surface area (Å²) in [6.45, 7) is 7.99. The average Bonchev–Trinajstić information content (AvgIpc) is 2.67. The molecule has 2 atom stereocenters. The van der Waals surface area contributed by atoms with Crippen LogP contribution in [-0.4, -0.2) is 23.9 Å². The number of carbonyl (C=O) groups is 1. The van der Waals surface area contributed by atoms with Gasteiger partial charge in [0.05, 0.1) is 4.92 Å². The minimum atomic E-state index is -0.397. The van der Waals surface area contributed by atoms with Crippen LogP contribution in [0, 0.1) is 22.0 Å². The molecular formula is C22H27N3O3. The summed E-state index contributed by atoms with van der Waals surface area (Å²) in [5.74, 6) is 0.620. The van der Waals surface area contributed by atoms with Crippen molar-refractivity contribution in [3.8, 4) is 0 Å². The molecule has 0 bridgehead atoms. The van der Waals surface area contributed by atoms with E-state index in [4.69, 9.17) is 0 Å². The number of nitro groups is 1. The topological polar surface area (TPSA) is 75.5 Å². The zero-order valence-corrected chi connectivity index (χ0v) is 16.6. The third kappa shape index (κ3) is 4.50. The van der Waals surface area contributed by atoms with Crippen LogP contribution in [0.3, 0.4) is 0 Å². The second kappa shape index (κ2) is 8.42. The molecule has 6 heteroatoms. The molecule has 1 N–H and O–H groups in total. The number of carbonyl (C=O) groups excluding carboxylic acids is 1. The Labute approximate surface area is 165 Å². The molecule has 0 saturated carbocycles. The largest absolute Gasteiger partial charge is 0.365 e. The molecule has 1 amide bonds. The molecule has 2 aromatic carbocycles. The lowest BCUT2D eigenvalue weighted by atomic mass is 9.91. The lowest BCUT2D eigenvalue weighted by molar-refractivity contribution is -0.384. The summed E-state index contributed by atoms with van der Waals surface area (Å²) in [6, 6.07) is 12.4. The maximum Gasteiger partial charge on any atom is 0.293 e. The summed E-state index contributed by atoms with van der Waals surface area (Å²) in [4.78, 5) is 25.9. The van der Waals surface area contributed by atoms with Crippen LogP contribution < -0.4 is 10.2 Å². The van der Waals surface area contributed by atoms with Gasteiger partial charge in [0.25, 0.3) is 11.6 Å². The second-order valence-electron chi connectivity index (χ2n) is 7.82. The number of rotatable bonds is 5. The number of anilines is 2. The summed E-state index contributed by atoms with van der Waals surface area (Å²) in [5.41, 5.74) is 2.71. The Balaban J connectivity index is 1.83. The zero-order chi connectivity index (χ0) is 20.3. The van der Waals surface area contributed by atoms with Crippen molar-refractivity contribution in [2.24, 2.45) is 11.8 Å². The van der Waals surface area contributed by atoms with Gasteiger partial charge in [0.2, 0.25) is 0 Å². The van der Waals surface area contributed by atoms with Gasteiger partial charge in [0.1, 0.15) is 5.69 Å². The number of nitrogens with one attached hydrogen (secondary N) is 1. The van der Waals surface area contributed by atoms with Crippen LogP contribution in [0.2, 0.25) is 0 Å². The van der Waals surface area contributed by atoms with Gasteiger partial charge in [-0.05, 0) is 54.5 Å². The van der Waals surface area contributed by atoms with E-state index in [0.29, 0.717) is 23.2 Å². The SMILES string of the molecule is CCc1ccc(NC(=O)c2ccc(N3C[C@H](C)C[C@H](C)C3)c([N+](=O)[O-])c2)cc1. The molecule has 0 aromatic heterocycles. The third-order valence-electron chi connectivity index (χ3n) is 5.26. The van der Waals surface area contributed by atoms with E-state index in [9.17, 15) is 14.9 Å². The molecule has 1 aliphatic rings. The normalized spacial score (nSPS) is 19.3. The van der Waals surface area contributed by atoms with Gasteiger partial charge >= 0.3 is 0 Å². The summed E-state index contributed by atoms with van der Waals surface area (Å²) in [7, 11) is 0. The van der Waals surface area contributed by atoms with Crippen LogP contribution in [0.4, 0.5) is 17.1 Å². The van der Waals surface area contributed by atoms with Gasteiger partial charge in [0.15, 0.2) is 0 Å². The predicted molar refractivity (Wildman–Crippen MR) is 112 cm³/mol. The minimum absolute atomic E-state index is 0.0183. The van der Waals surface area contributed by atoms with Crippen LogP contribution in [0.1, 0.15) is 43.1 Å². The van der Waals surface area contributed by atoms with Crippen molar-refractivity contribution >= 4 is 23.0 Å². The molecule has 3 rings (SSSR count). The number of amides is 1. The minimum Gasteiger partial charge on any atom is -0.365 e. The fourth-order valence-corrected chi connectivity index (χ4v) is 3.96. The van der Waals surface area contributed by atoms with E-state index in [-0.39, 0.29) is 17.2 Å². The Hall–Kier alpha value is -2.89. The molecule has 1 fully saturated rings. The first kappa shape index (κ1) is 19.9. The monoisotopic (exact) mass is 381 g/mol. The van der Waals surface area contributed by atoms with Crippen molar-refractivity contribution in [3.05, 3.63) is 63.7 Å². The van der Waals surface area contributed by atoms with Crippen molar-refractivity contribution in [1.29, 1.82) is 0 Å². The first-order valence-electron chi connectivity index (χ1n) is 9.81. The van der Waals surface area contributed by atoms with Gasteiger partial charge in [-0.3, -0.25) is 14.9 Å². The zero-order valence-electron chi connectivity index (χ0n) is 16.6. The summed E-state index contributed by atoms with van der Waals surface area (Å²) >= 11 is 0. The molecule has 1 saturated heterocycles. The van der Waals surface area contributed by atoms with Gasteiger partial charge in [-0.2, -0.15) is 0 Å². The summed E-state index contributed by atoms with van der Waals surface area (Å²) < 4.78 is 0. The highest BCUT2D eigenvalue weighted by atomic mass is 16.6. The molecule has 28 heavy (non-hydrogen) atoms. The third-order valence-corrected chi connectivity index (χ3v) is 5.26. The lowest BCUT2D eigenvalue weighted by Gasteiger charge is -2.36. The predicted octanol–water partition coefficient (Wildman–Crippen LogP) is 4.89. The molecule has 148 valence electrons. The standard InChI is InChI=1S/C22H27N3O3/c1-4-17-5-8-19(9-6-17)23-22(26)18-7-10-20(21(12-18)25(27)28)24-13-15(2)11-16(3)14-24/h5-10,12,15-16H,4,11,13-14H2,1-3H3,(H,23,26)/t15-,16+. The average molecular weight is 381 g/mol. The Morgan fingerprint density at radius 1 is 1.14 bits per heavy atom. The summed E-state index contributed by atoms with van der Waals surface area (Å²) in [5, 5.41) is 14.5. The first-order chi connectivity index (χ1) is 13.4. The number of piperidine rings is 1. The molecule has 0 spiro atoms. The van der Waals surface area contributed by atoms with E-state index in [1.807, 2.05) is 24.3 Å². The molecular weight excluding hydrogens is 354 g/mol. The van der Waals surface area contributed by atoms with Crippen LogP contribution in [0.25, 0.3) is 0 Å². The molecule has 0 unspecified atom stereocenters. The van der Waals surface area contributed by atoms with Crippen LogP contribution >= 0.6 is 0 Å². The van der Waals surface area contributed by atoms with E-state index in [1.165, 1.54) is 11.6 Å². The Morgan fingerprint density at radius 2 is 1.79 bits per heavy atom. The van der Waals surface area contributed by atoms with Crippen molar-refractivity contribution in [1.82, 2.24) is 0 Å². The smallest absolute Gasteiger partial charge is 0.293 e. The maximum absolute atomic E-state index is 12.6. The fraction of sp³-hybridized carbons (Fsp3) is 0.409. The Kier molecular flexibility index (Phi) is 5.97. The van der Waals surface area contributed by atoms with E-state index >= 15 is 0 Å². The number of hydrogen-bond acceptors (Lipinski definition) is 4.